The average molecular weight is 445 g/mol. The Morgan fingerprint density at radius 1 is 0.879 bits per heavy atom. The number of imide groups is 1. The lowest BCUT2D eigenvalue weighted by Crippen LogP contribution is -2.37. The van der Waals surface area contributed by atoms with Crippen LogP contribution in [0.25, 0.3) is 0 Å². The van der Waals surface area contributed by atoms with E-state index in [-0.39, 0.29) is 11.4 Å². The van der Waals surface area contributed by atoms with Gasteiger partial charge in [-0.2, -0.15) is 0 Å². The van der Waals surface area contributed by atoms with Crippen molar-refractivity contribution in [3.63, 3.8) is 0 Å². The maximum atomic E-state index is 13.5. The summed E-state index contributed by atoms with van der Waals surface area (Å²) >= 11 is 0. The first-order valence-corrected chi connectivity index (χ1v) is 10.3. The predicted octanol–water partition coefficient (Wildman–Crippen LogP) is 3.65. The van der Waals surface area contributed by atoms with E-state index in [4.69, 9.17) is 9.57 Å². The number of rotatable bonds is 5. The molecule has 2 saturated heterocycles. The maximum absolute atomic E-state index is 13.5. The van der Waals surface area contributed by atoms with Crippen molar-refractivity contribution in [3.05, 3.63) is 94.5 Å². The molecule has 9 nitrogen and oxygen atoms in total. The molecule has 0 N–H and O–H groups in total. The Labute approximate surface area is 188 Å². The van der Waals surface area contributed by atoms with E-state index in [2.05, 4.69) is 0 Å². The molecular weight excluding hydrogens is 426 g/mol. The van der Waals surface area contributed by atoms with Crippen LogP contribution < -0.4 is 14.7 Å². The average Bonchev–Trinajstić information content (AvgIpc) is 3.35. The quantitative estimate of drug-likeness (QED) is 0.336. The Bertz CT molecular complexity index is 1210. The Balaban J connectivity index is 1.53. The standard InChI is InChI=1S/C24H19N3O6/c1-32-19-13-11-17(12-14-19)26-21(15-5-3-2-4-6-15)20-22(33-26)24(29)25(23(20)28)16-7-9-18(10-8-16)27(30)31/h2-14,20-22H,1H3/t20-,21+,22+/m1/s1. The molecule has 2 aliphatic rings. The zero-order chi connectivity index (χ0) is 23.1. The van der Waals surface area contributed by atoms with Crippen LogP contribution in [0.5, 0.6) is 5.75 Å². The van der Waals surface area contributed by atoms with Gasteiger partial charge in [0, 0.05) is 12.1 Å². The predicted molar refractivity (Wildman–Crippen MR) is 119 cm³/mol. The molecule has 3 aromatic rings. The maximum Gasteiger partial charge on any atom is 0.269 e. The SMILES string of the molecule is COc1ccc(N2O[C@@H]3C(=O)N(c4ccc([N+](=O)[O-])cc4)C(=O)[C@@H]3[C@@H]2c2ccccc2)cc1. The zero-order valence-electron chi connectivity index (χ0n) is 17.5. The van der Waals surface area contributed by atoms with Gasteiger partial charge in [0.25, 0.3) is 11.6 Å². The van der Waals surface area contributed by atoms with Crippen molar-refractivity contribution in [1.82, 2.24) is 0 Å². The summed E-state index contributed by atoms with van der Waals surface area (Å²) in [6.45, 7) is 0. The highest BCUT2D eigenvalue weighted by molar-refractivity contribution is 6.23. The van der Waals surface area contributed by atoms with Gasteiger partial charge in [-0.25, -0.2) is 9.96 Å². The summed E-state index contributed by atoms with van der Waals surface area (Å²) in [6.07, 6.45) is -1.01. The number of non-ortho nitro benzene ring substituents is 1. The first-order valence-electron chi connectivity index (χ1n) is 10.3. The molecule has 0 bridgehead atoms. The van der Waals surface area contributed by atoms with Gasteiger partial charge in [-0.15, -0.1) is 0 Å². The number of hydroxylamine groups is 1. The smallest absolute Gasteiger partial charge is 0.269 e. The molecule has 0 radical (unpaired) electrons. The molecule has 2 heterocycles. The summed E-state index contributed by atoms with van der Waals surface area (Å²) in [7, 11) is 1.57. The van der Waals surface area contributed by atoms with Gasteiger partial charge in [0.2, 0.25) is 5.91 Å². The third kappa shape index (κ3) is 3.39. The Morgan fingerprint density at radius 3 is 2.12 bits per heavy atom. The second-order valence-electron chi connectivity index (χ2n) is 7.72. The third-order valence-corrected chi connectivity index (χ3v) is 5.90. The minimum Gasteiger partial charge on any atom is -0.497 e. The van der Waals surface area contributed by atoms with Crippen LogP contribution in [0.2, 0.25) is 0 Å². The van der Waals surface area contributed by atoms with E-state index in [1.165, 1.54) is 24.3 Å². The molecule has 0 saturated carbocycles. The van der Waals surface area contributed by atoms with Crippen molar-refractivity contribution in [2.75, 3.05) is 17.1 Å². The highest BCUT2D eigenvalue weighted by Crippen LogP contribution is 2.47. The number of methoxy groups -OCH3 is 1. The lowest BCUT2D eigenvalue weighted by atomic mass is 9.90. The molecule has 0 spiro atoms. The fourth-order valence-electron chi connectivity index (χ4n) is 4.33. The Morgan fingerprint density at radius 2 is 1.52 bits per heavy atom. The molecule has 3 atom stereocenters. The first-order chi connectivity index (χ1) is 16.0. The number of amides is 2. The third-order valence-electron chi connectivity index (χ3n) is 5.90. The molecule has 166 valence electrons. The molecule has 9 heteroatoms. The molecule has 2 fully saturated rings. The van der Waals surface area contributed by atoms with E-state index in [1.54, 1.807) is 36.4 Å². The summed E-state index contributed by atoms with van der Waals surface area (Å²) in [5.74, 6) is -1.03. The lowest BCUT2D eigenvalue weighted by Gasteiger charge is -2.28. The van der Waals surface area contributed by atoms with Crippen LogP contribution in [0, 0.1) is 16.0 Å². The molecule has 0 aliphatic carbocycles. The lowest BCUT2D eigenvalue weighted by molar-refractivity contribution is -0.384. The van der Waals surface area contributed by atoms with Crippen molar-refractivity contribution < 1.29 is 24.1 Å². The number of nitro benzene ring substituents is 1. The minimum absolute atomic E-state index is 0.123. The highest BCUT2D eigenvalue weighted by Gasteiger charge is 2.60. The molecule has 2 amide bonds. The van der Waals surface area contributed by atoms with E-state index >= 15 is 0 Å². The number of benzene rings is 3. The number of hydrogen-bond donors (Lipinski definition) is 0. The number of carbonyl (C=O) groups is 2. The van der Waals surface area contributed by atoms with E-state index < -0.39 is 34.8 Å². The van der Waals surface area contributed by atoms with Crippen LogP contribution in [-0.4, -0.2) is 30.0 Å². The van der Waals surface area contributed by atoms with Crippen LogP contribution in [0.1, 0.15) is 11.6 Å². The largest absolute Gasteiger partial charge is 0.497 e. The van der Waals surface area contributed by atoms with E-state index in [0.29, 0.717) is 11.4 Å². The first kappa shape index (κ1) is 20.7. The molecule has 5 rings (SSSR count). The van der Waals surface area contributed by atoms with Gasteiger partial charge in [-0.1, -0.05) is 30.3 Å². The summed E-state index contributed by atoms with van der Waals surface area (Å²) in [5.41, 5.74) is 1.66. The summed E-state index contributed by atoms with van der Waals surface area (Å²) in [4.78, 5) is 44.4. The highest BCUT2D eigenvalue weighted by atomic mass is 16.7. The van der Waals surface area contributed by atoms with Gasteiger partial charge in [0.15, 0.2) is 6.10 Å². The molecule has 2 aliphatic heterocycles. The number of fused-ring (bicyclic) bond motifs is 1. The van der Waals surface area contributed by atoms with Gasteiger partial charge in [-0.05, 0) is 42.0 Å². The Hall–Kier alpha value is -4.24. The van der Waals surface area contributed by atoms with E-state index in [0.717, 1.165) is 10.5 Å². The van der Waals surface area contributed by atoms with E-state index in [1.807, 2.05) is 30.3 Å². The topological polar surface area (TPSA) is 102 Å². The summed E-state index contributed by atoms with van der Waals surface area (Å²) in [6, 6.07) is 21.3. The number of anilines is 2. The molecular formula is C24H19N3O6. The van der Waals surface area contributed by atoms with Crippen molar-refractivity contribution >= 4 is 28.9 Å². The number of ether oxygens (including phenoxy) is 1. The number of nitro groups is 1. The van der Waals surface area contributed by atoms with Crippen LogP contribution in [-0.2, 0) is 14.4 Å². The molecule has 0 unspecified atom stereocenters. The second kappa shape index (κ2) is 8.03. The molecule has 3 aromatic carbocycles. The van der Waals surface area contributed by atoms with Gasteiger partial charge in [0.05, 0.1) is 29.4 Å². The van der Waals surface area contributed by atoms with Gasteiger partial charge in [-0.3, -0.25) is 24.5 Å². The number of carbonyl (C=O) groups excluding carboxylic acids is 2. The fourth-order valence-corrected chi connectivity index (χ4v) is 4.33. The summed E-state index contributed by atoms with van der Waals surface area (Å²) < 4.78 is 5.22. The van der Waals surface area contributed by atoms with Crippen LogP contribution >= 0.6 is 0 Å². The second-order valence-corrected chi connectivity index (χ2v) is 7.72. The van der Waals surface area contributed by atoms with Gasteiger partial charge in [0.1, 0.15) is 11.7 Å². The summed E-state index contributed by atoms with van der Waals surface area (Å²) in [5, 5.41) is 12.6. The number of hydrogen-bond acceptors (Lipinski definition) is 7. The van der Waals surface area contributed by atoms with Gasteiger partial charge < -0.3 is 4.74 Å². The van der Waals surface area contributed by atoms with Crippen LogP contribution in [0.15, 0.2) is 78.9 Å². The van der Waals surface area contributed by atoms with E-state index in [9.17, 15) is 19.7 Å². The van der Waals surface area contributed by atoms with Crippen molar-refractivity contribution in [2.45, 2.75) is 12.1 Å². The normalized spacial score (nSPS) is 21.9. The van der Waals surface area contributed by atoms with Crippen molar-refractivity contribution in [2.24, 2.45) is 5.92 Å². The minimum atomic E-state index is -1.01. The van der Waals surface area contributed by atoms with Crippen LogP contribution in [0.4, 0.5) is 17.1 Å². The van der Waals surface area contributed by atoms with Crippen molar-refractivity contribution in [1.29, 1.82) is 0 Å². The zero-order valence-corrected chi connectivity index (χ0v) is 17.5. The monoisotopic (exact) mass is 445 g/mol. The van der Waals surface area contributed by atoms with Gasteiger partial charge >= 0.3 is 0 Å². The molecule has 0 aromatic heterocycles. The Kier molecular flexibility index (Phi) is 5.02. The molecule has 33 heavy (non-hydrogen) atoms. The van der Waals surface area contributed by atoms with Crippen LogP contribution in [0.3, 0.4) is 0 Å². The fraction of sp³-hybridized carbons (Fsp3) is 0.167. The number of nitrogens with zero attached hydrogens (tertiary/aromatic N) is 3. The van der Waals surface area contributed by atoms with Crippen molar-refractivity contribution in [3.8, 4) is 5.75 Å².